The molecule has 2 N–H and O–H groups in total. The molecule has 0 aliphatic carbocycles. The molecule has 3 rings (SSSR count). The molecule has 1 aliphatic heterocycles. The van der Waals surface area contributed by atoms with Crippen molar-refractivity contribution in [1.29, 1.82) is 0 Å². The van der Waals surface area contributed by atoms with Crippen LogP contribution in [0.2, 0.25) is 0 Å². The summed E-state index contributed by atoms with van der Waals surface area (Å²) in [4.78, 5) is 2.01. The number of benzene rings is 2. The fraction of sp³-hybridized carbons (Fsp3) is 0.520. The van der Waals surface area contributed by atoms with Crippen molar-refractivity contribution in [1.82, 2.24) is 4.90 Å². The zero-order chi connectivity index (χ0) is 21.4. The Balaban J connectivity index is 1.98. The molecule has 4 heteroatoms. The van der Waals surface area contributed by atoms with E-state index in [1.807, 2.05) is 43.0 Å². The molecule has 1 fully saturated rings. The Labute approximate surface area is 174 Å². The van der Waals surface area contributed by atoms with Gasteiger partial charge in [0, 0.05) is 18.5 Å². The molecule has 0 amide bonds. The summed E-state index contributed by atoms with van der Waals surface area (Å²) in [5, 5.41) is 22.9. The summed E-state index contributed by atoms with van der Waals surface area (Å²) in [6, 6.07) is 14.3. The highest BCUT2D eigenvalue weighted by atomic mass is 19.1. The molecule has 1 heterocycles. The second-order valence-corrected chi connectivity index (χ2v) is 9.60. The average Bonchev–Trinajstić information content (AvgIpc) is 2.67. The van der Waals surface area contributed by atoms with Gasteiger partial charge in [-0.2, -0.15) is 0 Å². The number of piperidine rings is 1. The predicted octanol–water partition coefficient (Wildman–Crippen LogP) is 4.82. The fourth-order valence-corrected chi connectivity index (χ4v) is 4.77. The van der Waals surface area contributed by atoms with Crippen molar-refractivity contribution in [3.63, 3.8) is 0 Å². The van der Waals surface area contributed by atoms with Crippen LogP contribution in [0.4, 0.5) is 4.39 Å². The summed E-state index contributed by atoms with van der Waals surface area (Å²) in [5.74, 6) is 0.693. The molecule has 2 aromatic rings. The quantitative estimate of drug-likeness (QED) is 0.758. The number of hydrogen-bond donors (Lipinski definition) is 2. The summed E-state index contributed by atoms with van der Waals surface area (Å²) < 4.78 is 13.4. The van der Waals surface area contributed by atoms with Gasteiger partial charge in [-0.3, -0.25) is 4.90 Å². The molecule has 0 spiro atoms. The van der Waals surface area contributed by atoms with Crippen LogP contribution in [0.3, 0.4) is 0 Å². The second kappa shape index (κ2) is 8.17. The van der Waals surface area contributed by atoms with Crippen LogP contribution in [-0.2, 0) is 5.41 Å². The summed E-state index contributed by atoms with van der Waals surface area (Å²) >= 11 is 0. The van der Waals surface area contributed by atoms with Gasteiger partial charge in [-0.05, 0) is 54.0 Å². The second-order valence-electron chi connectivity index (χ2n) is 9.60. The number of hydrogen-bond acceptors (Lipinski definition) is 3. The van der Waals surface area contributed by atoms with Crippen LogP contribution in [0.25, 0.3) is 11.1 Å². The topological polar surface area (TPSA) is 43.7 Å². The third-order valence-electron chi connectivity index (χ3n) is 6.77. The minimum absolute atomic E-state index is 0.277. The van der Waals surface area contributed by atoms with Crippen molar-refractivity contribution < 1.29 is 14.6 Å². The first-order chi connectivity index (χ1) is 13.5. The monoisotopic (exact) mass is 399 g/mol. The molecule has 4 unspecified atom stereocenters. The maximum atomic E-state index is 13.4. The summed E-state index contributed by atoms with van der Waals surface area (Å²) in [6.45, 7) is 11.6. The molecule has 158 valence electrons. The van der Waals surface area contributed by atoms with E-state index in [9.17, 15) is 14.6 Å². The lowest BCUT2D eigenvalue weighted by molar-refractivity contribution is -0.181. The molecule has 1 aliphatic rings. The van der Waals surface area contributed by atoms with E-state index in [-0.39, 0.29) is 5.82 Å². The molecule has 2 aromatic carbocycles. The minimum atomic E-state index is -1.39. The third kappa shape index (κ3) is 4.25. The molecular weight excluding hydrogens is 365 g/mol. The molecule has 0 saturated carbocycles. The van der Waals surface area contributed by atoms with Crippen LogP contribution in [0.1, 0.15) is 46.6 Å². The maximum absolute atomic E-state index is 13.4. The van der Waals surface area contributed by atoms with Gasteiger partial charge in [0.05, 0.1) is 0 Å². The van der Waals surface area contributed by atoms with Gasteiger partial charge >= 0.3 is 0 Å². The van der Waals surface area contributed by atoms with E-state index >= 15 is 0 Å². The van der Waals surface area contributed by atoms with Crippen molar-refractivity contribution in [3.05, 3.63) is 59.9 Å². The zero-order valence-corrected chi connectivity index (χ0v) is 18.2. The van der Waals surface area contributed by atoms with Gasteiger partial charge in [0.15, 0.2) is 0 Å². The van der Waals surface area contributed by atoms with Crippen molar-refractivity contribution in [2.24, 2.45) is 11.8 Å². The minimum Gasteiger partial charge on any atom is -0.385 e. The van der Waals surface area contributed by atoms with Gasteiger partial charge in [0.2, 0.25) is 0 Å². The first kappa shape index (κ1) is 21.9. The number of nitrogens with zero attached hydrogens (tertiary/aromatic N) is 1. The van der Waals surface area contributed by atoms with Crippen LogP contribution < -0.4 is 0 Å². The van der Waals surface area contributed by atoms with Gasteiger partial charge in [0.25, 0.3) is 0 Å². The van der Waals surface area contributed by atoms with Crippen LogP contribution in [0, 0.1) is 17.7 Å². The van der Waals surface area contributed by atoms with Gasteiger partial charge in [-0.1, -0.05) is 64.1 Å². The molecule has 0 bridgehead atoms. The zero-order valence-electron chi connectivity index (χ0n) is 18.2. The highest BCUT2D eigenvalue weighted by Gasteiger charge is 2.49. The van der Waals surface area contributed by atoms with E-state index in [2.05, 4.69) is 13.8 Å². The Kier molecular flexibility index (Phi) is 6.19. The fourth-order valence-electron chi connectivity index (χ4n) is 4.77. The normalized spacial score (nSPS) is 24.1. The van der Waals surface area contributed by atoms with E-state index in [1.165, 1.54) is 12.1 Å². The molecule has 29 heavy (non-hydrogen) atoms. The van der Waals surface area contributed by atoms with Crippen molar-refractivity contribution >= 4 is 0 Å². The average molecular weight is 400 g/mol. The van der Waals surface area contributed by atoms with Crippen LogP contribution in [-0.4, -0.2) is 40.0 Å². The maximum Gasteiger partial charge on any atom is 0.137 e. The van der Waals surface area contributed by atoms with Gasteiger partial charge in [-0.15, -0.1) is 0 Å². The summed E-state index contributed by atoms with van der Waals surface area (Å²) in [6.07, 6.45) is 0.159. The molecule has 1 saturated heterocycles. The molecule has 0 radical (unpaired) electrons. The standard InChI is InChI=1S/C25H34FNO2/c1-17-14-18(2)16-27(15-17)23(28)25(5,29)24(3,4)22-9-7-6-8-21(22)19-10-12-20(26)13-11-19/h6-13,17-18,23,28-29H,14-16H2,1-5H3. The van der Waals surface area contributed by atoms with Gasteiger partial charge < -0.3 is 10.2 Å². The van der Waals surface area contributed by atoms with E-state index in [0.717, 1.165) is 36.2 Å². The third-order valence-corrected chi connectivity index (χ3v) is 6.77. The van der Waals surface area contributed by atoms with E-state index < -0.39 is 17.2 Å². The number of rotatable bonds is 5. The smallest absolute Gasteiger partial charge is 0.137 e. The SMILES string of the molecule is CC1CC(C)CN(C(O)C(C)(O)C(C)(C)c2ccccc2-c2ccc(F)cc2)C1. The Hall–Kier alpha value is -1.75. The predicted molar refractivity (Wildman–Crippen MR) is 116 cm³/mol. The molecule has 0 aromatic heterocycles. The largest absolute Gasteiger partial charge is 0.385 e. The van der Waals surface area contributed by atoms with E-state index in [1.54, 1.807) is 19.1 Å². The number of aliphatic hydroxyl groups excluding tert-OH is 1. The molecule has 4 atom stereocenters. The number of aliphatic hydroxyl groups is 2. The Morgan fingerprint density at radius 2 is 1.52 bits per heavy atom. The Morgan fingerprint density at radius 1 is 0.966 bits per heavy atom. The lowest BCUT2D eigenvalue weighted by Gasteiger charge is -2.49. The number of likely N-dealkylation sites (tertiary alicyclic amines) is 1. The van der Waals surface area contributed by atoms with Crippen LogP contribution in [0.15, 0.2) is 48.5 Å². The van der Waals surface area contributed by atoms with Crippen molar-refractivity contribution in [2.75, 3.05) is 13.1 Å². The highest BCUT2D eigenvalue weighted by molar-refractivity contribution is 5.69. The van der Waals surface area contributed by atoms with Gasteiger partial charge in [0.1, 0.15) is 17.6 Å². The van der Waals surface area contributed by atoms with Crippen molar-refractivity contribution in [3.8, 4) is 11.1 Å². The molecule has 3 nitrogen and oxygen atoms in total. The molecular formula is C25H34FNO2. The van der Waals surface area contributed by atoms with E-state index in [4.69, 9.17) is 0 Å². The first-order valence-corrected chi connectivity index (χ1v) is 10.5. The van der Waals surface area contributed by atoms with Gasteiger partial charge in [-0.25, -0.2) is 4.39 Å². The number of halogens is 1. The first-order valence-electron chi connectivity index (χ1n) is 10.5. The van der Waals surface area contributed by atoms with Crippen molar-refractivity contribution in [2.45, 2.75) is 58.3 Å². The lowest BCUT2D eigenvalue weighted by Crippen LogP contribution is -2.62. The summed E-state index contributed by atoms with van der Waals surface area (Å²) in [5.41, 5.74) is 0.612. The van der Waals surface area contributed by atoms with Crippen LogP contribution in [0.5, 0.6) is 0 Å². The Bertz CT molecular complexity index is 821. The van der Waals surface area contributed by atoms with Crippen LogP contribution >= 0.6 is 0 Å². The summed E-state index contributed by atoms with van der Waals surface area (Å²) in [7, 11) is 0. The Morgan fingerprint density at radius 3 is 2.10 bits per heavy atom. The van der Waals surface area contributed by atoms with E-state index in [0.29, 0.717) is 11.8 Å². The lowest BCUT2D eigenvalue weighted by atomic mass is 9.67. The highest BCUT2D eigenvalue weighted by Crippen LogP contribution is 2.43.